The standard InChI is InChI=1S/C14H19N3O3S/c1-9(2)17-14(13(15)10(3)16-17)20-11-5-7-12(8-6-11)21(4,18)19/h5-9H,15H2,1-4H3. The lowest BCUT2D eigenvalue weighted by molar-refractivity contribution is 0.389. The zero-order valence-electron chi connectivity index (χ0n) is 12.5. The van der Waals surface area contributed by atoms with E-state index in [4.69, 9.17) is 10.5 Å². The molecule has 1 heterocycles. The predicted molar refractivity (Wildman–Crippen MR) is 81.4 cm³/mol. The van der Waals surface area contributed by atoms with E-state index < -0.39 is 9.84 Å². The lowest BCUT2D eigenvalue weighted by Gasteiger charge is -2.12. The third-order valence-corrected chi connectivity index (χ3v) is 4.17. The topological polar surface area (TPSA) is 87.2 Å². The van der Waals surface area contributed by atoms with E-state index in [-0.39, 0.29) is 10.9 Å². The van der Waals surface area contributed by atoms with Gasteiger partial charge in [0, 0.05) is 6.26 Å². The fourth-order valence-corrected chi connectivity index (χ4v) is 2.49. The molecule has 0 saturated carbocycles. The molecule has 0 unspecified atom stereocenters. The summed E-state index contributed by atoms with van der Waals surface area (Å²) in [6.45, 7) is 5.77. The van der Waals surface area contributed by atoms with E-state index in [1.807, 2.05) is 20.8 Å². The molecule has 0 radical (unpaired) electrons. The van der Waals surface area contributed by atoms with Gasteiger partial charge in [0.1, 0.15) is 11.4 Å². The van der Waals surface area contributed by atoms with Crippen molar-refractivity contribution in [1.29, 1.82) is 0 Å². The monoisotopic (exact) mass is 309 g/mol. The van der Waals surface area contributed by atoms with Crippen LogP contribution in [0.5, 0.6) is 11.6 Å². The maximum atomic E-state index is 11.4. The lowest BCUT2D eigenvalue weighted by atomic mass is 10.3. The van der Waals surface area contributed by atoms with Crippen molar-refractivity contribution in [3.05, 3.63) is 30.0 Å². The van der Waals surface area contributed by atoms with Gasteiger partial charge in [-0.25, -0.2) is 13.1 Å². The number of hydrogen-bond acceptors (Lipinski definition) is 5. The van der Waals surface area contributed by atoms with Crippen molar-refractivity contribution in [3.8, 4) is 11.6 Å². The van der Waals surface area contributed by atoms with Gasteiger partial charge >= 0.3 is 0 Å². The Bertz CT molecular complexity index is 747. The molecule has 2 rings (SSSR count). The van der Waals surface area contributed by atoms with E-state index in [0.717, 1.165) is 6.26 Å². The highest BCUT2D eigenvalue weighted by Gasteiger charge is 2.17. The van der Waals surface area contributed by atoms with E-state index in [1.54, 1.807) is 16.8 Å². The lowest BCUT2D eigenvalue weighted by Crippen LogP contribution is -2.05. The smallest absolute Gasteiger partial charge is 0.241 e. The van der Waals surface area contributed by atoms with E-state index >= 15 is 0 Å². The van der Waals surface area contributed by atoms with Gasteiger partial charge < -0.3 is 10.5 Å². The van der Waals surface area contributed by atoms with Crippen molar-refractivity contribution in [2.45, 2.75) is 31.7 Å². The number of nitrogen functional groups attached to an aromatic ring is 1. The molecule has 0 aliphatic carbocycles. The summed E-state index contributed by atoms with van der Waals surface area (Å²) >= 11 is 0. The summed E-state index contributed by atoms with van der Waals surface area (Å²) < 4.78 is 30.3. The van der Waals surface area contributed by atoms with Gasteiger partial charge in [-0.2, -0.15) is 5.10 Å². The van der Waals surface area contributed by atoms with Gasteiger partial charge in [0.15, 0.2) is 9.84 Å². The normalized spacial score (nSPS) is 11.9. The molecule has 0 atom stereocenters. The van der Waals surface area contributed by atoms with E-state index in [9.17, 15) is 8.42 Å². The largest absolute Gasteiger partial charge is 0.437 e. The first kappa shape index (κ1) is 15.4. The Morgan fingerprint density at radius 3 is 2.29 bits per heavy atom. The third-order valence-electron chi connectivity index (χ3n) is 3.04. The number of nitrogens with two attached hydrogens (primary N) is 1. The number of ether oxygens (including phenoxy) is 1. The maximum absolute atomic E-state index is 11.4. The summed E-state index contributed by atoms with van der Waals surface area (Å²) in [5.74, 6) is 0.977. The third kappa shape index (κ3) is 3.18. The molecular formula is C14H19N3O3S. The van der Waals surface area contributed by atoms with Crippen molar-refractivity contribution in [1.82, 2.24) is 9.78 Å². The van der Waals surface area contributed by atoms with Crippen LogP contribution in [0.1, 0.15) is 25.6 Å². The minimum Gasteiger partial charge on any atom is -0.437 e. The fourth-order valence-electron chi connectivity index (χ4n) is 1.86. The van der Waals surface area contributed by atoms with Gasteiger partial charge in [-0.3, -0.25) is 0 Å². The number of sulfone groups is 1. The molecule has 7 heteroatoms. The number of aryl methyl sites for hydroxylation is 1. The molecule has 0 aliphatic heterocycles. The Morgan fingerprint density at radius 2 is 1.81 bits per heavy atom. The summed E-state index contributed by atoms with van der Waals surface area (Å²) in [5, 5.41) is 4.33. The van der Waals surface area contributed by atoms with Gasteiger partial charge in [0.25, 0.3) is 0 Å². The van der Waals surface area contributed by atoms with Crippen LogP contribution in [0.25, 0.3) is 0 Å². The molecule has 1 aromatic heterocycles. The van der Waals surface area contributed by atoms with Crippen molar-refractivity contribution < 1.29 is 13.2 Å². The highest BCUT2D eigenvalue weighted by molar-refractivity contribution is 7.90. The molecule has 2 N–H and O–H groups in total. The zero-order chi connectivity index (χ0) is 15.8. The van der Waals surface area contributed by atoms with Crippen LogP contribution in [0, 0.1) is 6.92 Å². The number of benzene rings is 1. The van der Waals surface area contributed by atoms with Crippen molar-refractivity contribution in [2.24, 2.45) is 0 Å². The predicted octanol–water partition coefficient (Wildman–Crippen LogP) is 2.55. The molecule has 0 amide bonds. The SMILES string of the molecule is Cc1nn(C(C)C)c(Oc2ccc(S(C)(=O)=O)cc2)c1N. The Kier molecular flexibility index (Phi) is 3.95. The van der Waals surface area contributed by atoms with Gasteiger partial charge in [-0.05, 0) is 45.0 Å². The number of aromatic nitrogens is 2. The molecule has 0 bridgehead atoms. The van der Waals surface area contributed by atoms with Crippen LogP contribution in [0.4, 0.5) is 5.69 Å². The van der Waals surface area contributed by atoms with Crippen LogP contribution < -0.4 is 10.5 Å². The van der Waals surface area contributed by atoms with Crippen molar-refractivity contribution >= 4 is 15.5 Å². The first-order valence-electron chi connectivity index (χ1n) is 6.52. The molecule has 0 aliphatic rings. The van der Waals surface area contributed by atoms with Crippen LogP contribution >= 0.6 is 0 Å². The number of hydrogen-bond donors (Lipinski definition) is 1. The number of anilines is 1. The molecule has 1 aromatic carbocycles. The Labute approximate surface area is 124 Å². The highest BCUT2D eigenvalue weighted by Crippen LogP contribution is 2.32. The van der Waals surface area contributed by atoms with Gasteiger partial charge in [-0.1, -0.05) is 0 Å². The summed E-state index contributed by atoms with van der Waals surface area (Å²) in [5.41, 5.74) is 7.17. The van der Waals surface area contributed by atoms with Gasteiger partial charge in [0.2, 0.25) is 5.88 Å². The maximum Gasteiger partial charge on any atom is 0.241 e. The minimum atomic E-state index is -3.22. The average molecular weight is 309 g/mol. The highest BCUT2D eigenvalue weighted by atomic mass is 32.2. The fraction of sp³-hybridized carbons (Fsp3) is 0.357. The summed E-state index contributed by atoms with van der Waals surface area (Å²) in [6, 6.07) is 6.31. The van der Waals surface area contributed by atoms with Gasteiger partial charge in [-0.15, -0.1) is 0 Å². The first-order chi connectivity index (χ1) is 9.70. The van der Waals surface area contributed by atoms with E-state index in [2.05, 4.69) is 5.10 Å². The number of rotatable bonds is 4. The molecular weight excluding hydrogens is 290 g/mol. The second-order valence-electron chi connectivity index (χ2n) is 5.19. The average Bonchev–Trinajstić information content (AvgIpc) is 2.67. The molecule has 0 saturated heterocycles. The summed E-state index contributed by atoms with van der Waals surface area (Å²) in [7, 11) is -3.22. The quantitative estimate of drug-likeness (QED) is 0.937. The summed E-state index contributed by atoms with van der Waals surface area (Å²) in [4.78, 5) is 0.247. The first-order valence-corrected chi connectivity index (χ1v) is 8.42. The molecule has 21 heavy (non-hydrogen) atoms. The number of nitrogens with zero attached hydrogens (tertiary/aromatic N) is 2. The van der Waals surface area contributed by atoms with Crippen LogP contribution in [0.15, 0.2) is 29.2 Å². The zero-order valence-corrected chi connectivity index (χ0v) is 13.3. The minimum absolute atomic E-state index is 0.103. The second-order valence-corrected chi connectivity index (χ2v) is 7.20. The van der Waals surface area contributed by atoms with Gasteiger partial charge in [0.05, 0.1) is 16.6 Å². The van der Waals surface area contributed by atoms with Crippen LogP contribution in [-0.4, -0.2) is 24.5 Å². The van der Waals surface area contributed by atoms with Crippen molar-refractivity contribution in [3.63, 3.8) is 0 Å². The molecule has 114 valence electrons. The van der Waals surface area contributed by atoms with Crippen LogP contribution in [0.3, 0.4) is 0 Å². The molecule has 0 fully saturated rings. The Balaban J connectivity index is 2.35. The Morgan fingerprint density at radius 1 is 1.24 bits per heavy atom. The molecule has 0 spiro atoms. The van der Waals surface area contributed by atoms with Crippen LogP contribution in [-0.2, 0) is 9.84 Å². The second kappa shape index (κ2) is 5.40. The Hall–Kier alpha value is -2.02. The van der Waals surface area contributed by atoms with Crippen molar-refractivity contribution in [2.75, 3.05) is 12.0 Å². The van der Waals surface area contributed by atoms with E-state index in [0.29, 0.717) is 23.0 Å². The summed E-state index contributed by atoms with van der Waals surface area (Å²) in [6.07, 6.45) is 1.16. The van der Waals surface area contributed by atoms with Crippen LogP contribution in [0.2, 0.25) is 0 Å². The van der Waals surface area contributed by atoms with E-state index in [1.165, 1.54) is 12.1 Å². The molecule has 2 aromatic rings. The molecule has 6 nitrogen and oxygen atoms in total.